The van der Waals surface area contributed by atoms with Crippen LogP contribution in [0, 0.1) is 0 Å². The molecule has 1 fully saturated rings. The first-order valence-electron chi connectivity index (χ1n) is 10.9. The van der Waals surface area contributed by atoms with Crippen LogP contribution in [0.5, 0.6) is 0 Å². The Kier molecular flexibility index (Phi) is 5.69. The van der Waals surface area contributed by atoms with Gasteiger partial charge < -0.3 is 4.90 Å². The Balaban J connectivity index is 1.34. The first-order valence-corrected chi connectivity index (χ1v) is 12.1. The molecule has 3 aromatic heterocycles. The topological polar surface area (TPSA) is 63.9 Å². The SMILES string of the molecule is CC(C)c1c(C(=O)N2CCC(c3nc4cc(Cl)ccc4s3)CC2)cnn1-c1ccccn1. The Morgan fingerprint density at radius 1 is 1.19 bits per heavy atom. The zero-order chi connectivity index (χ0) is 22.2. The third kappa shape index (κ3) is 3.91. The normalized spacial score (nSPS) is 15.1. The molecule has 0 saturated carbocycles. The van der Waals surface area contributed by atoms with E-state index in [2.05, 4.69) is 23.9 Å². The lowest BCUT2D eigenvalue weighted by molar-refractivity contribution is 0.0711. The second-order valence-electron chi connectivity index (χ2n) is 8.43. The van der Waals surface area contributed by atoms with Gasteiger partial charge in [-0.2, -0.15) is 5.10 Å². The molecule has 0 unspecified atom stereocenters. The molecule has 6 nitrogen and oxygen atoms in total. The smallest absolute Gasteiger partial charge is 0.257 e. The number of rotatable bonds is 4. The molecule has 1 aromatic carbocycles. The van der Waals surface area contributed by atoms with Crippen LogP contribution in [0.3, 0.4) is 0 Å². The van der Waals surface area contributed by atoms with Gasteiger partial charge in [0.05, 0.1) is 32.7 Å². The summed E-state index contributed by atoms with van der Waals surface area (Å²) < 4.78 is 2.95. The van der Waals surface area contributed by atoms with Gasteiger partial charge in [0.2, 0.25) is 0 Å². The Hall–Kier alpha value is -2.77. The first-order chi connectivity index (χ1) is 15.5. The minimum atomic E-state index is 0.0467. The molecule has 1 amide bonds. The van der Waals surface area contributed by atoms with Gasteiger partial charge in [-0.15, -0.1) is 11.3 Å². The average Bonchev–Trinajstić information content (AvgIpc) is 3.44. The number of piperidine rings is 1. The maximum atomic E-state index is 13.4. The highest BCUT2D eigenvalue weighted by molar-refractivity contribution is 7.18. The lowest BCUT2D eigenvalue weighted by Crippen LogP contribution is -2.38. The van der Waals surface area contributed by atoms with E-state index in [1.807, 2.05) is 41.3 Å². The van der Waals surface area contributed by atoms with Gasteiger partial charge in [0.1, 0.15) is 0 Å². The summed E-state index contributed by atoms with van der Waals surface area (Å²) in [7, 11) is 0. The number of hydrogen-bond donors (Lipinski definition) is 0. The summed E-state index contributed by atoms with van der Waals surface area (Å²) in [6.45, 7) is 5.59. The standard InChI is InChI=1S/C24H24ClN5OS/c1-15(2)22-18(14-27-30(22)21-5-3-4-10-26-21)24(31)29-11-8-16(9-12-29)23-28-19-13-17(25)6-7-20(19)32-23/h3-7,10,13-16H,8-9,11-12H2,1-2H3. The van der Waals surface area contributed by atoms with Gasteiger partial charge in [-0.3, -0.25) is 4.79 Å². The number of halogens is 1. The molecule has 8 heteroatoms. The lowest BCUT2D eigenvalue weighted by Gasteiger charge is -2.31. The van der Waals surface area contributed by atoms with Crippen LogP contribution in [0.4, 0.5) is 0 Å². The van der Waals surface area contributed by atoms with Crippen molar-refractivity contribution in [1.82, 2.24) is 24.6 Å². The Labute approximate surface area is 195 Å². The van der Waals surface area contributed by atoms with Crippen molar-refractivity contribution in [1.29, 1.82) is 0 Å². The van der Waals surface area contributed by atoms with Gasteiger partial charge >= 0.3 is 0 Å². The Morgan fingerprint density at radius 3 is 2.72 bits per heavy atom. The molecule has 32 heavy (non-hydrogen) atoms. The zero-order valence-electron chi connectivity index (χ0n) is 18.0. The van der Waals surface area contributed by atoms with Gasteiger partial charge in [0.25, 0.3) is 5.91 Å². The van der Waals surface area contributed by atoms with Crippen molar-refractivity contribution in [3.8, 4) is 5.82 Å². The molecule has 0 aliphatic carbocycles. The predicted molar refractivity (Wildman–Crippen MR) is 128 cm³/mol. The molecular formula is C24H24ClN5OS. The van der Waals surface area contributed by atoms with E-state index in [1.165, 1.54) is 0 Å². The third-order valence-electron chi connectivity index (χ3n) is 5.95. The van der Waals surface area contributed by atoms with Crippen LogP contribution in [-0.2, 0) is 0 Å². The Morgan fingerprint density at radius 2 is 2.00 bits per heavy atom. The fourth-order valence-corrected chi connectivity index (χ4v) is 5.62. The molecule has 4 aromatic rings. The van der Waals surface area contributed by atoms with Crippen molar-refractivity contribution in [2.24, 2.45) is 0 Å². The van der Waals surface area contributed by atoms with Crippen LogP contribution in [0.2, 0.25) is 5.02 Å². The molecule has 0 bridgehead atoms. The fraction of sp³-hybridized carbons (Fsp3) is 0.333. The number of hydrogen-bond acceptors (Lipinski definition) is 5. The Bertz CT molecular complexity index is 1260. The number of thiazole rings is 1. The molecule has 4 heterocycles. The first kappa shape index (κ1) is 21.1. The number of nitrogens with zero attached hydrogens (tertiary/aromatic N) is 5. The van der Waals surface area contributed by atoms with E-state index in [9.17, 15) is 4.79 Å². The van der Waals surface area contributed by atoms with Crippen LogP contribution in [-0.4, -0.2) is 43.6 Å². The largest absolute Gasteiger partial charge is 0.338 e. The third-order valence-corrected chi connectivity index (χ3v) is 7.38. The second kappa shape index (κ2) is 8.64. The van der Waals surface area contributed by atoms with Crippen LogP contribution in [0.15, 0.2) is 48.8 Å². The summed E-state index contributed by atoms with van der Waals surface area (Å²) in [5, 5.41) is 6.35. The molecular weight excluding hydrogens is 442 g/mol. The van der Waals surface area contributed by atoms with Gasteiger partial charge in [-0.05, 0) is 49.1 Å². The summed E-state index contributed by atoms with van der Waals surface area (Å²) in [5.74, 6) is 1.29. The molecule has 0 spiro atoms. The van der Waals surface area contributed by atoms with Gasteiger partial charge in [-0.25, -0.2) is 14.6 Å². The number of amides is 1. The summed E-state index contributed by atoms with van der Waals surface area (Å²) in [6, 6.07) is 11.6. The molecule has 164 valence electrons. The number of aromatic nitrogens is 4. The molecule has 0 atom stereocenters. The van der Waals surface area contributed by atoms with Crippen LogP contribution in [0.1, 0.15) is 59.6 Å². The number of fused-ring (bicyclic) bond motifs is 1. The second-order valence-corrected chi connectivity index (χ2v) is 9.93. The number of carbonyl (C=O) groups is 1. The highest BCUT2D eigenvalue weighted by atomic mass is 35.5. The number of pyridine rings is 1. The highest BCUT2D eigenvalue weighted by Crippen LogP contribution is 2.35. The molecule has 1 aliphatic rings. The number of likely N-dealkylation sites (tertiary alicyclic amines) is 1. The van der Waals surface area contributed by atoms with Crippen molar-refractivity contribution in [2.75, 3.05) is 13.1 Å². The number of benzene rings is 1. The van der Waals surface area contributed by atoms with E-state index in [4.69, 9.17) is 16.6 Å². The van der Waals surface area contributed by atoms with Crippen molar-refractivity contribution >= 4 is 39.1 Å². The molecule has 1 aliphatic heterocycles. The van der Waals surface area contributed by atoms with Gasteiger partial charge in [-0.1, -0.05) is 31.5 Å². The molecule has 0 N–H and O–H groups in total. The lowest BCUT2D eigenvalue weighted by atomic mass is 9.96. The monoisotopic (exact) mass is 465 g/mol. The van der Waals surface area contributed by atoms with Crippen LogP contribution >= 0.6 is 22.9 Å². The van der Waals surface area contributed by atoms with E-state index < -0.39 is 0 Å². The quantitative estimate of drug-likeness (QED) is 0.389. The summed E-state index contributed by atoms with van der Waals surface area (Å²) in [5.41, 5.74) is 2.53. The van der Waals surface area contributed by atoms with Gasteiger partial charge in [0, 0.05) is 30.2 Å². The van der Waals surface area contributed by atoms with E-state index in [0.29, 0.717) is 29.6 Å². The van der Waals surface area contributed by atoms with Gasteiger partial charge in [0.15, 0.2) is 5.82 Å². The fourth-order valence-electron chi connectivity index (χ4n) is 4.33. The predicted octanol–water partition coefficient (Wildman–Crippen LogP) is 5.67. The summed E-state index contributed by atoms with van der Waals surface area (Å²) in [6.07, 6.45) is 5.24. The van der Waals surface area contributed by atoms with Crippen molar-refractivity contribution < 1.29 is 4.79 Å². The molecule has 0 radical (unpaired) electrons. The maximum absolute atomic E-state index is 13.4. The molecule has 5 rings (SSSR count). The summed E-state index contributed by atoms with van der Waals surface area (Å²) >= 11 is 7.84. The minimum absolute atomic E-state index is 0.0467. The molecule has 1 saturated heterocycles. The van der Waals surface area contributed by atoms with Crippen LogP contribution in [0.25, 0.3) is 16.0 Å². The minimum Gasteiger partial charge on any atom is -0.338 e. The van der Waals surface area contributed by atoms with E-state index in [1.54, 1.807) is 28.4 Å². The van der Waals surface area contributed by atoms with Crippen molar-refractivity contribution in [3.05, 3.63) is 70.1 Å². The van der Waals surface area contributed by atoms with E-state index >= 15 is 0 Å². The van der Waals surface area contributed by atoms with Crippen molar-refractivity contribution in [3.63, 3.8) is 0 Å². The maximum Gasteiger partial charge on any atom is 0.257 e. The van der Waals surface area contributed by atoms with E-state index in [-0.39, 0.29) is 11.8 Å². The zero-order valence-corrected chi connectivity index (χ0v) is 19.6. The van der Waals surface area contributed by atoms with Crippen LogP contribution < -0.4 is 0 Å². The average molecular weight is 466 g/mol. The number of carbonyl (C=O) groups excluding carboxylic acids is 1. The summed E-state index contributed by atoms with van der Waals surface area (Å²) in [4.78, 5) is 24.6. The highest BCUT2D eigenvalue weighted by Gasteiger charge is 2.30. The van der Waals surface area contributed by atoms with E-state index in [0.717, 1.165) is 39.6 Å². The van der Waals surface area contributed by atoms with Crippen molar-refractivity contribution in [2.45, 2.75) is 38.5 Å².